The topological polar surface area (TPSA) is 114 Å². The fraction of sp³-hybridized carbons (Fsp3) is 0.571. The number of aromatic nitrogens is 2. The van der Waals surface area contributed by atoms with Gasteiger partial charge in [0.05, 0.1) is 23.6 Å². The van der Waals surface area contributed by atoms with E-state index in [0.717, 1.165) is 74.3 Å². The number of carbonyl (C=O) groups excluding carboxylic acids is 2. The fourth-order valence-corrected chi connectivity index (χ4v) is 5.78. The SMILES string of the molecule is CCC(=O)CCCCC[C@H](NC(=O)C1CC2(C1)CN(C)C2)c1ncc(C2=C/C(=C/NC)C(=N)C=C2)[nH]1. The lowest BCUT2D eigenvalue weighted by Gasteiger charge is -2.57. The van der Waals surface area contributed by atoms with Crippen LogP contribution in [0.2, 0.25) is 0 Å². The van der Waals surface area contributed by atoms with Crippen LogP contribution in [0.5, 0.6) is 0 Å². The summed E-state index contributed by atoms with van der Waals surface area (Å²) >= 11 is 0. The molecule has 4 rings (SSSR count). The minimum atomic E-state index is -0.187. The number of H-pyrrole nitrogens is 1. The number of ketones is 1. The highest BCUT2D eigenvalue weighted by Crippen LogP contribution is 2.51. The van der Waals surface area contributed by atoms with Crippen LogP contribution in [0.4, 0.5) is 0 Å². The molecule has 2 fully saturated rings. The second-order valence-corrected chi connectivity index (χ2v) is 10.7. The van der Waals surface area contributed by atoms with Crippen LogP contribution in [-0.4, -0.2) is 59.5 Å². The Morgan fingerprint density at radius 1 is 1.28 bits per heavy atom. The lowest BCUT2D eigenvalue weighted by molar-refractivity contribution is -0.143. The van der Waals surface area contributed by atoms with Crippen molar-refractivity contribution in [3.63, 3.8) is 0 Å². The predicted molar refractivity (Wildman–Crippen MR) is 142 cm³/mol. The maximum absolute atomic E-state index is 13.1. The van der Waals surface area contributed by atoms with Gasteiger partial charge in [-0.3, -0.25) is 9.59 Å². The van der Waals surface area contributed by atoms with Gasteiger partial charge in [0.15, 0.2) is 0 Å². The molecule has 0 unspecified atom stereocenters. The number of unbranched alkanes of at least 4 members (excludes halogenated alkanes) is 2. The standard InChI is InChI=1S/C28H40N6O2/c1-4-22(35)8-6-5-7-9-24(33-27(36)21-13-28(14-21)17-34(3)18-28)26-31-16-25(32-26)19-10-11-23(29)20(12-19)15-30-2/h10-12,15-16,21,24,29-30H,4-9,13-14,17-18H2,1-3H3,(H,31,32)(H,33,36)/b20-15-,29-23?/t24-/m0/s1. The third-order valence-electron chi connectivity index (χ3n) is 7.69. The van der Waals surface area contributed by atoms with Crippen molar-refractivity contribution in [3.05, 3.63) is 47.7 Å². The maximum Gasteiger partial charge on any atom is 0.223 e. The first-order valence-electron chi connectivity index (χ1n) is 13.2. The normalized spacial score (nSPS) is 21.1. The molecule has 1 aliphatic heterocycles. The lowest BCUT2D eigenvalue weighted by atomic mass is 9.57. The van der Waals surface area contributed by atoms with Crippen molar-refractivity contribution in [1.82, 2.24) is 25.5 Å². The minimum Gasteiger partial charge on any atom is -0.393 e. The van der Waals surface area contributed by atoms with Crippen LogP contribution >= 0.6 is 0 Å². The van der Waals surface area contributed by atoms with Gasteiger partial charge in [-0.1, -0.05) is 25.8 Å². The molecule has 0 radical (unpaired) electrons. The Morgan fingerprint density at radius 3 is 2.75 bits per heavy atom. The molecule has 2 aliphatic carbocycles. The molecule has 4 N–H and O–H groups in total. The van der Waals surface area contributed by atoms with Crippen molar-refractivity contribution < 1.29 is 9.59 Å². The Morgan fingerprint density at radius 2 is 2.06 bits per heavy atom. The zero-order valence-electron chi connectivity index (χ0n) is 21.8. The van der Waals surface area contributed by atoms with Gasteiger partial charge >= 0.3 is 0 Å². The molecule has 36 heavy (non-hydrogen) atoms. The highest BCUT2D eigenvalue weighted by atomic mass is 16.2. The zero-order chi connectivity index (χ0) is 25.7. The molecule has 1 amide bonds. The van der Waals surface area contributed by atoms with Crippen molar-refractivity contribution in [2.24, 2.45) is 11.3 Å². The lowest BCUT2D eigenvalue weighted by Crippen LogP contribution is -2.62. The van der Waals surface area contributed by atoms with Crippen molar-refractivity contribution in [2.75, 3.05) is 27.2 Å². The molecule has 2 heterocycles. The Labute approximate surface area is 214 Å². The van der Waals surface area contributed by atoms with Gasteiger partial charge in [-0.05, 0) is 50.3 Å². The Hall–Kier alpha value is -3.00. The number of rotatable bonds is 12. The highest BCUT2D eigenvalue weighted by molar-refractivity contribution is 6.12. The van der Waals surface area contributed by atoms with Crippen molar-refractivity contribution in [1.29, 1.82) is 5.41 Å². The average Bonchev–Trinajstić information content (AvgIpc) is 3.31. The van der Waals surface area contributed by atoms with Gasteiger partial charge in [-0.15, -0.1) is 0 Å². The number of carbonyl (C=O) groups is 2. The number of allylic oxidation sites excluding steroid dienone is 5. The van der Waals surface area contributed by atoms with E-state index < -0.39 is 0 Å². The molecular weight excluding hydrogens is 452 g/mol. The van der Waals surface area contributed by atoms with Crippen LogP contribution in [0.1, 0.15) is 75.9 Å². The van der Waals surface area contributed by atoms with E-state index in [-0.39, 0.29) is 17.9 Å². The summed E-state index contributed by atoms with van der Waals surface area (Å²) < 4.78 is 0. The van der Waals surface area contributed by atoms with E-state index in [1.54, 1.807) is 18.5 Å². The Balaban J connectivity index is 1.41. The number of amides is 1. The number of nitrogens with zero attached hydrogens (tertiary/aromatic N) is 2. The summed E-state index contributed by atoms with van der Waals surface area (Å²) in [6, 6.07) is -0.187. The minimum absolute atomic E-state index is 0.0852. The highest BCUT2D eigenvalue weighted by Gasteiger charge is 2.53. The van der Waals surface area contributed by atoms with Crippen LogP contribution < -0.4 is 10.6 Å². The first-order valence-corrected chi connectivity index (χ1v) is 13.2. The molecule has 0 aromatic carbocycles. The number of Topliss-reactive ketones (excluding diaryl/α,β-unsaturated/α-hetero) is 1. The molecule has 8 nitrogen and oxygen atoms in total. The molecule has 3 aliphatic rings. The first kappa shape index (κ1) is 26.1. The summed E-state index contributed by atoms with van der Waals surface area (Å²) in [6.07, 6.45) is 16.0. The molecule has 1 aromatic rings. The summed E-state index contributed by atoms with van der Waals surface area (Å²) in [5.74, 6) is 1.28. The average molecular weight is 493 g/mol. The molecule has 1 atom stereocenters. The van der Waals surface area contributed by atoms with E-state index in [2.05, 4.69) is 32.5 Å². The molecular formula is C28H40N6O2. The summed E-state index contributed by atoms with van der Waals surface area (Å²) in [4.78, 5) is 35.1. The largest absolute Gasteiger partial charge is 0.393 e. The number of imidazole rings is 1. The predicted octanol–water partition coefficient (Wildman–Crippen LogP) is 3.91. The van der Waals surface area contributed by atoms with Gasteiger partial charge in [-0.2, -0.15) is 0 Å². The van der Waals surface area contributed by atoms with Crippen molar-refractivity contribution in [2.45, 2.75) is 64.3 Å². The monoisotopic (exact) mass is 492 g/mol. The third kappa shape index (κ3) is 6.03. The van der Waals surface area contributed by atoms with Crippen molar-refractivity contribution in [3.8, 4) is 0 Å². The van der Waals surface area contributed by atoms with Crippen LogP contribution in [0.3, 0.4) is 0 Å². The van der Waals surface area contributed by atoms with Crippen LogP contribution in [0, 0.1) is 16.7 Å². The Kier molecular flexibility index (Phi) is 8.24. The number of likely N-dealkylation sites (tertiary alicyclic amines) is 1. The van der Waals surface area contributed by atoms with Gasteiger partial charge in [0.2, 0.25) is 5.91 Å². The van der Waals surface area contributed by atoms with Crippen LogP contribution in [0.25, 0.3) is 5.57 Å². The molecule has 194 valence electrons. The molecule has 0 bridgehead atoms. The molecule has 1 saturated carbocycles. The number of hydrogen-bond donors (Lipinski definition) is 4. The van der Waals surface area contributed by atoms with E-state index >= 15 is 0 Å². The summed E-state index contributed by atoms with van der Waals surface area (Å²) in [5.41, 5.74) is 3.43. The van der Waals surface area contributed by atoms with E-state index in [1.807, 2.05) is 26.1 Å². The smallest absolute Gasteiger partial charge is 0.223 e. The van der Waals surface area contributed by atoms with E-state index in [1.165, 1.54) is 0 Å². The van der Waals surface area contributed by atoms with Gasteiger partial charge in [-0.25, -0.2) is 4.98 Å². The number of hydrogen-bond acceptors (Lipinski definition) is 6. The van der Waals surface area contributed by atoms with Gasteiger partial charge < -0.3 is 25.9 Å². The Bertz CT molecular complexity index is 1070. The van der Waals surface area contributed by atoms with Gasteiger partial charge in [0.25, 0.3) is 0 Å². The number of aromatic amines is 1. The van der Waals surface area contributed by atoms with Crippen LogP contribution in [0.15, 0.2) is 36.2 Å². The fourth-order valence-electron chi connectivity index (χ4n) is 5.78. The first-order chi connectivity index (χ1) is 17.3. The second kappa shape index (κ2) is 11.4. The summed E-state index contributed by atoms with van der Waals surface area (Å²) in [5, 5.41) is 14.4. The maximum atomic E-state index is 13.1. The third-order valence-corrected chi connectivity index (χ3v) is 7.69. The van der Waals surface area contributed by atoms with Gasteiger partial charge in [0, 0.05) is 56.2 Å². The van der Waals surface area contributed by atoms with E-state index in [4.69, 9.17) is 5.41 Å². The molecule has 1 spiro atoms. The summed E-state index contributed by atoms with van der Waals surface area (Å²) in [7, 11) is 3.95. The summed E-state index contributed by atoms with van der Waals surface area (Å²) in [6.45, 7) is 4.11. The van der Waals surface area contributed by atoms with Crippen molar-refractivity contribution >= 4 is 23.0 Å². The van der Waals surface area contributed by atoms with Gasteiger partial charge in [0.1, 0.15) is 11.6 Å². The molecule has 8 heteroatoms. The van der Waals surface area contributed by atoms with E-state index in [0.29, 0.717) is 29.8 Å². The number of nitrogens with one attached hydrogen (secondary N) is 4. The second-order valence-electron chi connectivity index (χ2n) is 10.7. The van der Waals surface area contributed by atoms with Crippen LogP contribution in [-0.2, 0) is 9.59 Å². The van der Waals surface area contributed by atoms with E-state index in [9.17, 15) is 9.59 Å². The molecule has 1 aromatic heterocycles. The quantitative estimate of drug-likeness (QED) is 0.330. The molecule has 1 saturated heterocycles. The zero-order valence-corrected chi connectivity index (χ0v) is 21.8.